The first-order chi connectivity index (χ1) is 10.8. The predicted molar refractivity (Wildman–Crippen MR) is 94.7 cm³/mol. The molecule has 0 aliphatic carbocycles. The summed E-state index contributed by atoms with van der Waals surface area (Å²) in [4.78, 5) is 4.61. The quantitative estimate of drug-likeness (QED) is 0.838. The van der Waals surface area contributed by atoms with Gasteiger partial charge in [-0.3, -0.25) is 4.90 Å². The molecule has 4 nitrogen and oxygen atoms in total. The molecule has 1 aliphatic heterocycles. The molecule has 1 aromatic rings. The van der Waals surface area contributed by atoms with E-state index < -0.39 is 5.60 Å². The molecule has 1 atom stereocenters. The summed E-state index contributed by atoms with van der Waals surface area (Å²) in [6, 6.07) is 6.53. The molecular weight excluding hydrogens is 288 g/mol. The van der Waals surface area contributed by atoms with E-state index in [-0.39, 0.29) is 0 Å². The molecule has 130 valence electrons. The maximum absolute atomic E-state index is 10.2. The summed E-state index contributed by atoms with van der Waals surface area (Å²) >= 11 is 0. The first-order valence-electron chi connectivity index (χ1n) is 8.63. The molecule has 23 heavy (non-hydrogen) atoms. The Labute approximate surface area is 141 Å². The zero-order chi connectivity index (χ0) is 17.0. The first kappa shape index (κ1) is 18.2. The van der Waals surface area contributed by atoms with Gasteiger partial charge in [0.2, 0.25) is 0 Å². The van der Waals surface area contributed by atoms with Gasteiger partial charge in [0.15, 0.2) is 0 Å². The van der Waals surface area contributed by atoms with Gasteiger partial charge in [-0.1, -0.05) is 6.07 Å². The molecule has 0 radical (unpaired) electrons. The zero-order valence-electron chi connectivity index (χ0n) is 15.3. The number of hydrogen-bond donors (Lipinski definition) is 1. The Bertz CT molecular complexity index is 509. The number of aliphatic hydroxyl groups is 1. The Balaban J connectivity index is 2.06. The topological polar surface area (TPSA) is 35.9 Å². The summed E-state index contributed by atoms with van der Waals surface area (Å²) in [5.41, 5.74) is 1.98. The highest BCUT2D eigenvalue weighted by Gasteiger charge is 2.33. The molecule has 1 fully saturated rings. The summed E-state index contributed by atoms with van der Waals surface area (Å²) in [5, 5.41) is 10.2. The molecule has 0 aromatic heterocycles. The van der Waals surface area contributed by atoms with E-state index in [1.807, 2.05) is 20.8 Å². The molecule has 0 unspecified atom stereocenters. The van der Waals surface area contributed by atoms with E-state index >= 15 is 0 Å². The maximum Gasteiger partial charge on any atom is 0.123 e. The van der Waals surface area contributed by atoms with Crippen LogP contribution in [-0.4, -0.2) is 54.3 Å². The van der Waals surface area contributed by atoms with Gasteiger partial charge in [0.25, 0.3) is 0 Å². The van der Waals surface area contributed by atoms with Crippen LogP contribution in [0.25, 0.3) is 0 Å². The third-order valence-corrected chi connectivity index (χ3v) is 4.59. The minimum atomic E-state index is -0.580. The second kappa shape index (κ2) is 7.65. The summed E-state index contributed by atoms with van der Waals surface area (Å²) in [5.74, 6) is 1.35. The van der Waals surface area contributed by atoms with Gasteiger partial charge < -0.3 is 14.7 Å². The summed E-state index contributed by atoms with van der Waals surface area (Å²) < 4.78 is 5.75. The SMILES string of the molecule is CCOc1ccc(CN2CC[C@H](C(C)(C)O)C2)cc1CN(C)C. The number of nitrogens with zero attached hydrogens (tertiary/aromatic N) is 2. The van der Waals surface area contributed by atoms with Crippen LogP contribution in [-0.2, 0) is 13.1 Å². The molecule has 1 N–H and O–H groups in total. The highest BCUT2D eigenvalue weighted by molar-refractivity contribution is 5.37. The van der Waals surface area contributed by atoms with Crippen molar-refractivity contribution in [3.8, 4) is 5.75 Å². The maximum atomic E-state index is 10.2. The predicted octanol–water partition coefficient (Wildman–Crippen LogP) is 2.74. The van der Waals surface area contributed by atoms with E-state index in [2.05, 4.69) is 42.1 Å². The van der Waals surface area contributed by atoms with Gasteiger partial charge in [0.1, 0.15) is 5.75 Å². The second-order valence-corrected chi connectivity index (χ2v) is 7.49. The van der Waals surface area contributed by atoms with Crippen LogP contribution < -0.4 is 4.74 Å². The largest absolute Gasteiger partial charge is 0.494 e. The Kier molecular flexibility index (Phi) is 6.06. The van der Waals surface area contributed by atoms with E-state index in [0.29, 0.717) is 12.5 Å². The molecule has 1 aromatic carbocycles. The molecule has 1 aliphatic rings. The van der Waals surface area contributed by atoms with Crippen molar-refractivity contribution in [2.75, 3.05) is 33.8 Å². The molecule has 0 spiro atoms. The summed E-state index contributed by atoms with van der Waals surface area (Å²) in [7, 11) is 4.16. The van der Waals surface area contributed by atoms with Crippen LogP contribution in [0.2, 0.25) is 0 Å². The van der Waals surface area contributed by atoms with Crippen LogP contribution in [0, 0.1) is 5.92 Å². The number of ether oxygens (including phenoxy) is 1. The van der Waals surface area contributed by atoms with Crippen LogP contribution in [0.1, 0.15) is 38.3 Å². The molecule has 0 bridgehead atoms. The Morgan fingerprint density at radius 2 is 2.09 bits per heavy atom. The molecule has 1 saturated heterocycles. The third-order valence-electron chi connectivity index (χ3n) is 4.59. The highest BCUT2D eigenvalue weighted by Crippen LogP contribution is 2.29. The van der Waals surface area contributed by atoms with E-state index in [1.165, 1.54) is 11.1 Å². The summed E-state index contributed by atoms with van der Waals surface area (Å²) in [6.45, 7) is 10.4. The fraction of sp³-hybridized carbons (Fsp3) is 0.684. The van der Waals surface area contributed by atoms with Crippen LogP contribution in [0.4, 0.5) is 0 Å². The minimum absolute atomic E-state index is 0.367. The smallest absolute Gasteiger partial charge is 0.123 e. The average Bonchev–Trinajstić information content (AvgIpc) is 2.90. The molecule has 4 heteroatoms. The van der Waals surface area contributed by atoms with Crippen LogP contribution in [0.15, 0.2) is 18.2 Å². The van der Waals surface area contributed by atoms with Crippen molar-refractivity contribution < 1.29 is 9.84 Å². The zero-order valence-corrected chi connectivity index (χ0v) is 15.3. The van der Waals surface area contributed by atoms with Gasteiger partial charge >= 0.3 is 0 Å². The van der Waals surface area contributed by atoms with Crippen LogP contribution in [0.5, 0.6) is 5.75 Å². The van der Waals surface area contributed by atoms with E-state index in [0.717, 1.165) is 38.3 Å². The lowest BCUT2D eigenvalue weighted by molar-refractivity contribution is 0.0208. The van der Waals surface area contributed by atoms with Gasteiger partial charge in [-0.25, -0.2) is 0 Å². The Hall–Kier alpha value is -1.10. The van der Waals surface area contributed by atoms with Crippen molar-refractivity contribution in [2.45, 2.75) is 45.9 Å². The van der Waals surface area contributed by atoms with E-state index in [9.17, 15) is 5.11 Å². The fourth-order valence-corrected chi connectivity index (χ4v) is 3.30. The van der Waals surface area contributed by atoms with Gasteiger partial charge in [0, 0.05) is 31.1 Å². The Morgan fingerprint density at radius 1 is 1.35 bits per heavy atom. The lowest BCUT2D eigenvalue weighted by Crippen LogP contribution is -2.33. The van der Waals surface area contributed by atoms with Gasteiger partial charge in [-0.15, -0.1) is 0 Å². The molecule has 0 saturated carbocycles. The minimum Gasteiger partial charge on any atom is -0.494 e. The third kappa shape index (κ3) is 5.20. The van der Waals surface area contributed by atoms with Gasteiger partial charge in [-0.2, -0.15) is 0 Å². The van der Waals surface area contributed by atoms with Crippen LogP contribution in [0.3, 0.4) is 0 Å². The highest BCUT2D eigenvalue weighted by atomic mass is 16.5. The lowest BCUT2D eigenvalue weighted by atomic mass is 9.90. The van der Waals surface area contributed by atoms with Crippen molar-refractivity contribution in [2.24, 2.45) is 5.92 Å². The second-order valence-electron chi connectivity index (χ2n) is 7.49. The first-order valence-corrected chi connectivity index (χ1v) is 8.63. The Morgan fingerprint density at radius 3 is 2.65 bits per heavy atom. The van der Waals surface area contributed by atoms with Gasteiger partial charge in [0.05, 0.1) is 12.2 Å². The number of rotatable bonds is 7. The number of hydrogen-bond acceptors (Lipinski definition) is 4. The van der Waals surface area contributed by atoms with Gasteiger partial charge in [-0.05, 0) is 65.5 Å². The van der Waals surface area contributed by atoms with Crippen molar-refractivity contribution in [1.82, 2.24) is 9.80 Å². The standard InChI is InChI=1S/C19H32N2O2/c1-6-23-18-8-7-15(11-16(18)13-20(4)5)12-21-10-9-17(14-21)19(2,3)22/h7-8,11,17,22H,6,9-10,12-14H2,1-5H3/t17-/m0/s1. The average molecular weight is 320 g/mol. The summed E-state index contributed by atoms with van der Waals surface area (Å²) in [6.07, 6.45) is 1.07. The number of likely N-dealkylation sites (tertiary alicyclic amines) is 1. The lowest BCUT2D eigenvalue weighted by Gasteiger charge is -2.26. The van der Waals surface area contributed by atoms with E-state index in [4.69, 9.17) is 4.74 Å². The van der Waals surface area contributed by atoms with Crippen molar-refractivity contribution >= 4 is 0 Å². The van der Waals surface area contributed by atoms with Crippen molar-refractivity contribution in [3.05, 3.63) is 29.3 Å². The number of benzene rings is 1. The monoisotopic (exact) mass is 320 g/mol. The van der Waals surface area contributed by atoms with Crippen molar-refractivity contribution in [1.29, 1.82) is 0 Å². The fourth-order valence-electron chi connectivity index (χ4n) is 3.30. The molecule has 1 heterocycles. The van der Waals surface area contributed by atoms with Crippen molar-refractivity contribution in [3.63, 3.8) is 0 Å². The normalized spacial score (nSPS) is 19.5. The van der Waals surface area contributed by atoms with Crippen LogP contribution >= 0.6 is 0 Å². The molecule has 2 rings (SSSR count). The van der Waals surface area contributed by atoms with E-state index in [1.54, 1.807) is 0 Å². The molecule has 0 amide bonds. The molecular formula is C19H32N2O2.